The molecule has 3 nitrogen and oxygen atoms in total. The first-order valence-electron chi connectivity index (χ1n) is 7.31. The molecule has 3 atom stereocenters. The molecule has 1 unspecified atom stereocenters. The fourth-order valence-electron chi connectivity index (χ4n) is 3.95. The molecule has 1 aromatic rings. The van der Waals surface area contributed by atoms with Crippen molar-refractivity contribution in [3.05, 3.63) is 34.9 Å². The molecule has 0 aliphatic carbocycles. The lowest BCUT2D eigenvalue weighted by molar-refractivity contribution is 0.115. The Kier molecular flexibility index (Phi) is 3.80. The summed E-state index contributed by atoms with van der Waals surface area (Å²) < 4.78 is 0. The van der Waals surface area contributed by atoms with Gasteiger partial charge in [0.05, 0.1) is 6.10 Å². The summed E-state index contributed by atoms with van der Waals surface area (Å²) in [6.45, 7) is 7.61. The maximum atomic E-state index is 10.4. The second-order valence-electron chi connectivity index (χ2n) is 6.81. The van der Waals surface area contributed by atoms with Gasteiger partial charge in [-0.05, 0) is 36.1 Å². The van der Waals surface area contributed by atoms with Crippen molar-refractivity contribution in [3.8, 4) is 0 Å². The lowest BCUT2D eigenvalue weighted by Crippen LogP contribution is -2.33. The molecule has 0 bridgehead atoms. The number of aliphatic hydroxyl groups excluding tert-OH is 1. The molecule has 1 N–H and O–H groups in total. The molecule has 110 valence electrons. The molecule has 0 spiro atoms. The summed E-state index contributed by atoms with van der Waals surface area (Å²) in [5.41, 5.74) is 1.31. The topological polar surface area (TPSA) is 26.7 Å². The third kappa shape index (κ3) is 2.73. The number of aliphatic hydroxyl groups is 1. The molecular formula is C16H23ClN2O. The van der Waals surface area contributed by atoms with E-state index in [0.29, 0.717) is 17.0 Å². The number of hydrogen-bond acceptors (Lipinski definition) is 3. The van der Waals surface area contributed by atoms with E-state index in [1.54, 1.807) is 0 Å². The van der Waals surface area contributed by atoms with Gasteiger partial charge in [0.15, 0.2) is 0 Å². The van der Waals surface area contributed by atoms with Gasteiger partial charge in [-0.2, -0.15) is 0 Å². The Morgan fingerprint density at radius 3 is 2.90 bits per heavy atom. The molecule has 2 fully saturated rings. The minimum absolute atomic E-state index is 0.392. The van der Waals surface area contributed by atoms with Gasteiger partial charge < -0.3 is 10.0 Å². The van der Waals surface area contributed by atoms with Gasteiger partial charge in [0.1, 0.15) is 0 Å². The number of halogens is 1. The molecule has 0 saturated carbocycles. The Morgan fingerprint density at radius 1 is 1.40 bits per heavy atom. The first-order chi connectivity index (χ1) is 9.46. The average molecular weight is 295 g/mol. The van der Waals surface area contributed by atoms with Gasteiger partial charge in [-0.25, -0.2) is 0 Å². The lowest BCUT2D eigenvalue weighted by atomic mass is 9.83. The fourth-order valence-corrected chi connectivity index (χ4v) is 4.15. The van der Waals surface area contributed by atoms with Crippen LogP contribution in [0.2, 0.25) is 5.02 Å². The highest BCUT2D eigenvalue weighted by Gasteiger charge is 2.48. The summed E-state index contributed by atoms with van der Waals surface area (Å²) in [6, 6.07) is 7.55. The van der Waals surface area contributed by atoms with E-state index in [-0.39, 0.29) is 0 Å². The normalized spacial score (nSPS) is 32.5. The molecule has 1 aromatic carbocycles. The first kappa shape index (κ1) is 14.3. The number of nitrogens with zero attached hydrogens (tertiary/aromatic N) is 2. The molecule has 0 radical (unpaired) electrons. The van der Waals surface area contributed by atoms with Gasteiger partial charge in [-0.1, -0.05) is 30.7 Å². The van der Waals surface area contributed by atoms with Crippen LogP contribution in [0, 0.1) is 11.3 Å². The summed E-state index contributed by atoms with van der Waals surface area (Å²) in [5.74, 6) is 0.735. The quantitative estimate of drug-likeness (QED) is 0.926. The third-order valence-electron chi connectivity index (χ3n) is 4.88. The third-order valence-corrected chi connectivity index (χ3v) is 5.11. The zero-order chi connectivity index (χ0) is 14.3. The van der Waals surface area contributed by atoms with E-state index in [1.165, 1.54) is 13.1 Å². The maximum Gasteiger partial charge on any atom is 0.0917 e. The van der Waals surface area contributed by atoms with Gasteiger partial charge in [0, 0.05) is 37.7 Å². The Morgan fingerprint density at radius 2 is 2.20 bits per heavy atom. The van der Waals surface area contributed by atoms with Crippen molar-refractivity contribution in [2.24, 2.45) is 11.3 Å². The second-order valence-corrected chi connectivity index (χ2v) is 7.25. The van der Waals surface area contributed by atoms with Crippen LogP contribution in [-0.2, 0) is 0 Å². The molecule has 0 aromatic heterocycles. The molecule has 20 heavy (non-hydrogen) atoms. The highest BCUT2D eigenvalue weighted by Crippen LogP contribution is 2.41. The fraction of sp³-hybridized carbons (Fsp3) is 0.625. The first-order valence-corrected chi connectivity index (χ1v) is 7.68. The molecule has 4 heteroatoms. The Bertz CT molecular complexity index is 495. The Balaban J connectivity index is 1.63. The SMILES string of the molecule is CN1C[C@@H]2CN(CC(O)c3cccc(Cl)c3)C[C@]2(C)C1. The van der Waals surface area contributed by atoms with Gasteiger partial charge in [0.2, 0.25) is 0 Å². The monoisotopic (exact) mass is 294 g/mol. The molecule has 2 aliphatic heterocycles. The number of rotatable bonds is 3. The van der Waals surface area contributed by atoms with E-state index in [1.807, 2.05) is 24.3 Å². The smallest absolute Gasteiger partial charge is 0.0917 e. The lowest BCUT2D eigenvalue weighted by Gasteiger charge is -2.25. The summed E-state index contributed by atoms with van der Waals surface area (Å²) >= 11 is 5.99. The number of fused-ring (bicyclic) bond motifs is 1. The highest BCUT2D eigenvalue weighted by atomic mass is 35.5. The van der Waals surface area contributed by atoms with Crippen molar-refractivity contribution in [1.29, 1.82) is 0 Å². The highest BCUT2D eigenvalue weighted by molar-refractivity contribution is 6.30. The molecule has 3 rings (SSSR count). The van der Waals surface area contributed by atoms with Crippen LogP contribution in [-0.4, -0.2) is 54.7 Å². The van der Waals surface area contributed by atoms with Crippen molar-refractivity contribution in [3.63, 3.8) is 0 Å². The molecule has 2 heterocycles. The largest absolute Gasteiger partial charge is 0.387 e. The van der Waals surface area contributed by atoms with Crippen LogP contribution >= 0.6 is 11.6 Å². The van der Waals surface area contributed by atoms with Crippen LogP contribution < -0.4 is 0 Å². The van der Waals surface area contributed by atoms with Crippen molar-refractivity contribution >= 4 is 11.6 Å². The van der Waals surface area contributed by atoms with E-state index in [0.717, 1.165) is 24.6 Å². The zero-order valence-electron chi connectivity index (χ0n) is 12.2. The van der Waals surface area contributed by atoms with Gasteiger partial charge in [0.25, 0.3) is 0 Å². The Labute approximate surface area is 126 Å². The summed E-state index contributed by atoms with van der Waals surface area (Å²) in [5, 5.41) is 11.1. The van der Waals surface area contributed by atoms with Gasteiger partial charge >= 0.3 is 0 Å². The average Bonchev–Trinajstić information content (AvgIpc) is 2.78. The van der Waals surface area contributed by atoms with E-state index in [4.69, 9.17) is 11.6 Å². The molecule has 2 saturated heterocycles. The number of benzene rings is 1. The summed E-state index contributed by atoms with van der Waals surface area (Å²) in [6.07, 6.45) is -0.450. The number of likely N-dealkylation sites (tertiary alicyclic amines) is 2. The minimum atomic E-state index is -0.450. The van der Waals surface area contributed by atoms with Crippen molar-refractivity contribution in [1.82, 2.24) is 9.80 Å². The standard InChI is InChI=1S/C16H23ClN2O/c1-16-10-18(2)7-13(16)8-19(11-16)9-15(20)12-4-3-5-14(17)6-12/h3-6,13,15,20H,7-11H2,1-2H3/t13-,15?,16+/m1/s1. The van der Waals surface area contributed by atoms with Gasteiger partial charge in [-0.15, -0.1) is 0 Å². The summed E-state index contributed by atoms with van der Waals surface area (Å²) in [4.78, 5) is 4.83. The second kappa shape index (κ2) is 5.30. The molecule has 0 amide bonds. The molecular weight excluding hydrogens is 272 g/mol. The minimum Gasteiger partial charge on any atom is -0.387 e. The van der Waals surface area contributed by atoms with Crippen LogP contribution in [0.3, 0.4) is 0 Å². The van der Waals surface area contributed by atoms with Crippen LogP contribution in [0.4, 0.5) is 0 Å². The van der Waals surface area contributed by atoms with E-state index in [9.17, 15) is 5.11 Å². The van der Waals surface area contributed by atoms with E-state index >= 15 is 0 Å². The van der Waals surface area contributed by atoms with Crippen LogP contribution in [0.15, 0.2) is 24.3 Å². The summed E-state index contributed by atoms with van der Waals surface area (Å²) in [7, 11) is 2.20. The van der Waals surface area contributed by atoms with E-state index < -0.39 is 6.10 Å². The van der Waals surface area contributed by atoms with Gasteiger partial charge in [-0.3, -0.25) is 4.90 Å². The van der Waals surface area contributed by atoms with Crippen molar-refractivity contribution < 1.29 is 5.11 Å². The van der Waals surface area contributed by atoms with Crippen LogP contribution in [0.5, 0.6) is 0 Å². The zero-order valence-corrected chi connectivity index (χ0v) is 13.0. The number of hydrogen-bond donors (Lipinski definition) is 1. The van der Waals surface area contributed by atoms with E-state index in [2.05, 4.69) is 23.8 Å². The number of β-amino-alcohol motifs (C(OH)–C–C–N with tert-alkyl or cyclic N) is 1. The van der Waals surface area contributed by atoms with Crippen LogP contribution in [0.1, 0.15) is 18.6 Å². The Hall–Kier alpha value is -0.610. The van der Waals surface area contributed by atoms with Crippen molar-refractivity contribution in [2.45, 2.75) is 13.0 Å². The predicted octanol–water partition coefficient (Wildman–Crippen LogP) is 2.26. The predicted molar refractivity (Wildman–Crippen MR) is 81.9 cm³/mol. The van der Waals surface area contributed by atoms with Crippen LogP contribution in [0.25, 0.3) is 0 Å². The molecule has 2 aliphatic rings. The van der Waals surface area contributed by atoms with Crippen molar-refractivity contribution in [2.75, 3.05) is 39.8 Å². The maximum absolute atomic E-state index is 10.4.